The summed E-state index contributed by atoms with van der Waals surface area (Å²) in [5.74, 6) is 0.493. The van der Waals surface area contributed by atoms with E-state index >= 15 is 0 Å². The summed E-state index contributed by atoms with van der Waals surface area (Å²) < 4.78 is 0. The second-order valence-electron chi connectivity index (χ2n) is 3.79. The van der Waals surface area contributed by atoms with E-state index in [4.69, 9.17) is 0 Å². The third kappa shape index (κ3) is 1.90. The number of hydrogen-bond acceptors (Lipinski definition) is 1. The largest absolute Gasteiger partial charge is 0.299 e. The second kappa shape index (κ2) is 4.40. The van der Waals surface area contributed by atoms with Crippen LogP contribution in [-0.2, 0) is 4.79 Å². The molecule has 0 aromatic rings. The molecule has 12 heavy (non-hydrogen) atoms. The lowest BCUT2D eigenvalue weighted by Gasteiger charge is -2.24. The Balaban J connectivity index is 2.55. The maximum absolute atomic E-state index is 11.6. The number of rotatable bonds is 4. The summed E-state index contributed by atoms with van der Waals surface area (Å²) in [5, 5.41) is 0.874. The van der Waals surface area contributed by atoms with Gasteiger partial charge in [0.1, 0.15) is 5.78 Å². The fraction of sp³-hybridized carbons (Fsp3) is 0.900. The maximum Gasteiger partial charge on any atom is 0.139 e. The average molecular weight is 233 g/mol. The molecule has 0 N–H and O–H groups in total. The summed E-state index contributed by atoms with van der Waals surface area (Å²) in [5.41, 5.74) is 0.0238. The zero-order valence-corrected chi connectivity index (χ0v) is 9.32. The van der Waals surface area contributed by atoms with Crippen LogP contribution >= 0.6 is 15.9 Å². The highest BCUT2D eigenvalue weighted by Gasteiger charge is 2.39. The van der Waals surface area contributed by atoms with Crippen LogP contribution in [0.4, 0.5) is 0 Å². The van der Waals surface area contributed by atoms with E-state index < -0.39 is 0 Å². The van der Waals surface area contributed by atoms with E-state index in [-0.39, 0.29) is 5.41 Å². The molecule has 0 radical (unpaired) electrons. The van der Waals surface area contributed by atoms with Gasteiger partial charge >= 0.3 is 0 Å². The molecule has 1 nitrogen and oxygen atoms in total. The van der Waals surface area contributed by atoms with Crippen molar-refractivity contribution in [2.24, 2.45) is 5.41 Å². The first-order valence-electron chi connectivity index (χ1n) is 4.84. The highest BCUT2D eigenvalue weighted by atomic mass is 79.9. The molecule has 0 amide bonds. The van der Waals surface area contributed by atoms with E-state index in [1.165, 1.54) is 12.8 Å². The maximum atomic E-state index is 11.6. The number of unbranched alkanes of at least 4 members (excludes halogenated alkanes) is 1. The Bertz CT molecular complexity index is 167. The number of carbonyl (C=O) groups is 1. The van der Waals surface area contributed by atoms with Gasteiger partial charge in [-0.15, -0.1) is 0 Å². The fourth-order valence-electron chi connectivity index (χ4n) is 1.98. The molecule has 1 aliphatic carbocycles. The van der Waals surface area contributed by atoms with Gasteiger partial charge in [-0.25, -0.2) is 0 Å². The number of alkyl halides is 1. The standard InChI is InChI=1S/C10H17BrO/c1-2-3-6-10(8-11)7-4-5-9(10)12/h2-8H2,1H3. The number of hydrogen-bond donors (Lipinski definition) is 0. The molecule has 0 aliphatic heterocycles. The summed E-state index contributed by atoms with van der Waals surface area (Å²) in [7, 11) is 0. The predicted octanol–water partition coefficient (Wildman–Crippen LogP) is 3.31. The molecule has 1 unspecified atom stereocenters. The van der Waals surface area contributed by atoms with Gasteiger partial charge in [0, 0.05) is 17.2 Å². The number of halogens is 1. The van der Waals surface area contributed by atoms with Gasteiger partial charge < -0.3 is 0 Å². The summed E-state index contributed by atoms with van der Waals surface area (Å²) in [6.45, 7) is 2.18. The van der Waals surface area contributed by atoms with Crippen molar-refractivity contribution in [2.75, 3.05) is 5.33 Å². The van der Waals surface area contributed by atoms with Crippen LogP contribution in [0, 0.1) is 5.41 Å². The zero-order chi connectivity index (χ0) is 9.03. The Morgan fingerprint density at radius 3 is 2.75 bits per heavy atom. The van der Waals surface area contributed by atoms with Crippen molar-refractivity contribution in [3.63, 3.8) is 0 Å². The minimum Gasteiger partial charge on any atom is -0.299 e. The molecule has 1 atom stereocenters. The van der Waals surface area contributed by atoms with Crippen LogP contribution in [-0.4, -0.2) is 11.1 Å². The van der Waals surface area contributed by atoms with Crippen LogP contribution < -0.4 is 0 Å². The van der Waals surface area contributed by atoms with Gasteiger partial charge in [0.2, 0.25) is 0 Å². The Morgan fingerprint density at radius 2 is 2.33 bits per heavy atom. The van der Waals surface area contributed by atoms with Gasteiger partial charge in [0.05, 0.1) is 0 Å². The first-order valence-corrected chi connectivity index (χ1v) is 5.96. The molecule has 1 rings (SSSR count). The van der Waals surface area contributed by atoms with Gasteiger partial charge in [-0.1, -0.05) is 35.7 Å². The Kier molecular flexibility index (Phi) is 3.76. The molecule has 0 heterocycles. The molecular weight excluding hydrogens is 216 g/mol. The fourth-order valence-corrected chi connectivity index (χ4v) is 2.85. The molecule has 0 saturated heterocycles. The Morgan fingerprint density at radius 1 is 1.58 bits per heavy atom. The van der Waals surface area contributed by atoms with Crippen molar-refractivity contribution in [3.8, 4) is 0 Å². The third-order valence-electron chi connectivity index (χ3n) is 2.92. The first-order chi connectivity index (χ1) is 5.75. The molecule has 0 bridgehead atoms. The van der Waals surface area contributed by atoms with Crippen molar-refractivity contribution < 1.29 is 4.79 Å². The van der Waals surface area contributed by atoms with E-state index in [0.717, 1.165) is 31.0 Å². The zero-order valence-electron chi connectivity index (χ0n) is 7.74. The summed E-state index contributed by atoms with van der Waals surface area (Å²) >= 11 is 3.48. The van der Waals surface area contributed by atoms with Crippen LogP contribution in [0.25, 0.3) is 0 Å². The number of carbonyl (C=O) groups excluding carboxylic acids is 1. The molecule has 0 aromatic carbocycles. The smallest absolute Gasteiger partial charge is 0.139 e. The lowest BCUT2D eigenvalue weighted by molar-refractivity contribution is -0.125. The van der Waals surface area contributed by atoms with Crippen LogP contribution in [0.3, 0.4) is 0 Å². The van der Waals surface area contributed by atoms with Crippen LogP contribution in [0.2, 0.25) is 0 Å². The monoisotopic (exact) mass is 232 g/mol. The van der Waals surface area contributed by atoms with E-state index in [2.05, 4.69) is 22.9 Å². The van der Waals surface area contributed by atoms with Crippen molar-refractivity contribution >= 4 is 21.7 Å². The van der Waals surface area contributed by atoms with E-state index in [9.17, 15) is 4.79 Å². The van der Waals surface area contributed by atoms with Gasteiger partial charge in [-0.2, -0.15) is 0 Å². The molecule has 0 aromatic heterocycles. The van der Waals surface area contributed by atoms with Crippen molar-refractivity contribution in [1.29, 1.82) is 0 Å². The SMILES string of the molecule is CCCCC1(CBr)CCCC1=O. The molecule has 70 valence electrons. The topological polar surface area (TPSA) is 17.1 Å². The Hall–Kier alpha value is 0.150. The highest BCUT2D eigenvalue weighted by molar-refractivity contribution is 9.09. The normalized spacial score (nSPS) is 29.7. The molecule has 0 spiro atoms. The van der Waals surface area contributed by atoms with E-state index in [1.54, 1.807) is 0 Å². The minimum atomic E-state index is 0.0238. The van der Waals surface area contributed by atoms with Gasteiger partial charge in [0.25, 0.3) is 0 Å². The van der Waals surface area contributed by atoms with Crippen LogP contribution in [0.5, 0.6) is 0 Å². The first kappa shape index (κ1) is 10.2. The van der Waals surface area contributed by atoms with Gasteiger partial charge in [-0.3, -0.25) is 4.79 Å². The average Bonchev–Trinajstić information content (AvgIpc) is 2.45. The minimum absolute atomic E-state index is 0.0238. The van der Waals surface area contributed by atoms with Gasteiger partial charge in [0.15, 0.2) is 0 Å². The Labute approximate surface area is 83.0 Å². The third-order valence-corrected chi connectivity index (χ3v) is 3.99. The van der Waals surface area contributed by atoms with Crippen molar-refractivity contribution in [1.82, 2.24) is 0 Å². The van der Waals surface area contributed by atoms with E-state index in [1.807, 2.05) is 0 Å². The second-order valence-corrected chi connectivity index (χ2v) is 4.35. The van der Waals surface area contributed by atoms with Crippen LogP contribution in [0.15, 0.2) is 0 Å². The van der Waals surface area contributed by atoms with Gasteiger partial charge in [-0.05, 0) is 19.3 Å². The van der Waals surface area contributed by atoms with Crippen LogP contribution in [0.1, 0.15) is 45.4 Å². The number of ketones is 1. The van der Waals surface area contributed by atoms with Crippen molar-refractivity contribution in [3.05, 3.63) is 0 Å². The molecule has 1 saturated carbocycles. The highest BCUT2D eigenvalue weighted by Crippen LogP contribution is 2.40. The lowest BCUT2D eigenvalue weighted by Crippen LogP contribution is -2.27. The summed E-state index contributed by atoms with van der Waals surface area (Å²) in [6, 6.07) is 0. The molecule has 1 fully saturated rings. The predicted molar refractivity (Wildman–Crippen MR) is 54.6 cm³/mol. The summed E-state index contributed by atoms with van der Waals surface area (Å²) in [4.78, 5) is 11.6. The van der Waals surface area contributed by atoms with Crippen molar-refractivity contribution in [2.45, 2.75) is 45.4 Å². The lowest BCUT2D eigenvalue weighted by atomic mass is 9.82. The molecule has 2 heteroatoms. The molecule has 1 aliphatic rings. The number of Topliss-reactive ketones (excluding diaryl/α,β-unsaturated/α-hetero) is 1. The quantitative estimate of drug-likeness (QED) is 0.681. The molecular formula is C10H17BrO. The van der Waals surface area contributed by atoms with E-state index in [0.29, 0.717) is 5.78 Å². The summed E-state index contributed by atoms with van der Waals surface area (Å²) in [6.07, 6.45) is 6.51.